The first-order valence-corrected chi connectivity index (χ1v) is 4.59. The number of aromatic nitrogens is 3. The van der Waals surface area contributed by atoms with Crippen molar-refractivity contribution in [3.05, 3.63) is 11.1 Å². The maximum absolute atomic E-state index is 8.89. The average Bonchev–Trinajstić information content (AvgIpc) is 2.15. The molecule has 0 aromatic carbocycles. The Morgan fingerprint density at radius 2 is 2.00 bits per heavy atom. The van der Waals surface area contributed by atoms with Gasteiger partial charge in [0.2, 0.25) is 11.2 Å². The summed E-state index contributed by atoms with van der Waals surface area (Å²) >= 11 is 5.66. The summed E-state index contributed by atoms with van der Waals surface area (Å²) in [6, 6.07) is 2.04. The number of anilines is 1. The molecule has 0 atom stereocenters. The first kappa shape index (κ1) is 11.6. The molecule has 0 radical (unpaired) electrons. The fraction of sp³-hybridized carbons (Fsp3) is 0.500. The predicted molar refractivity (Wildman–Crippen MR) is 55.9 cm³/mol. The van der Waals surface area contributed by atoms with Crippen LogP contribution >= 0.6 is 11.6 Å². The SMILES string of the molecule is Cc1nc(Cl)nc(N(N)C(C)(C)C#N)n1. The summed E-state index contributed by atoms with van der Waals surface area (Å²) in [6.07, 6.45) is 0. The Hall–Kier alpha value is -1.45. The van der Waals surface area contributed by atoms with Gasteiger partial charge in [0.25, 0.3) is 0 Å². The van der Waals surface area contributed by atoms with E-state index in [4.69, 9.17) is 22.7 Å². The fourth-order valence-corrected chi connectivity index (χ4v) is 1.05. The molecule has 0 spiro atoms. The lowest BCUT2D eigenvalue weighted by Gasteiger charge is -2.27. The topological polar surface area (TPSA) is 91.7 Å². The fourth-order valence-electron chi connectivity index (χ4n) is 0.847. The number of aryl methyl sites for hydroxylation is 1. The normalized spacial score (nSPS) is 10.9. The van der Waals surface area contributed by atoms with E-state index >= 15 is 0 Å². The van der Waals surface area contributed by atoms with Crippen molar-refractivity contribution in [2.75, 3.05) is 5.01 Å². The minimum absolute atomic E-state index is 0.0571. The van der Waals surface area contributed by atoms with Crippen LogP contribution in [-0.4, -0.2) is 20.5 Å². The lowest BCUT2D eigenvalue weighted by atomic mass is 10.1. The molecule has 1 rings (SSSR count). The van der Waals surface area contributed by atoms with Crippen LogP contribution in [0.15, 0.2) is 0 Å². The van der Waals surface area contributed by atoms with E-state index in [1.54, 1.807) is 20.8 Å². The molecule has 0 aliphatic carbocycles. The van der Waals surface area contributed by atoms with Crippen molar-refractivity contribution in [2.24, 2.45) is 5.84 Å². The van der Waals surface area contributed by atoms with Crippen LogP contribution in [0.3, 0.4) is 0 Å². The Bertz CT molecular complexity index is 390. The summed E-state index contributed by atoms with van der Waals surface area (Å²) in [5.74, 6) is 6.35. The zero-order valence-corrected chi connectivity index (χ0v) is 9.45. The van der Waals surface area contributed by atoms with Crippen LogP contribution in [0.2, 0.25) is 5.28 Å². The minimum Gasteiger partial charge on any atom is -0.259 e. The van der Waals surface area contributed by atoms with E-state index in [0.29, 0.717) is 5.82 Å². The number of halogens is 1. The Morgan fingerprint density at radius 1 is 1.40 bits per heavy atom. The van der Waals surface area contributed by atoms with Gasteiger partial charge in [-0.15, -0.1) is 0 Å². The zero-order chi connectivity index (χ0) is 11.6. The van der Waals surface area contributed by atoms with Crippen LogP contribution in [0, 0.1) is 18.3 Å². The van der Waals surface area contributed by atoms with Gasteiger partial charge in [0.1, 0.15) is 11.4 Å². The quantitative estimate of drug-likeness (QED) is 0.593. The van der Waals surface area contributed by atoms with Crippen LogP contribution < -0.4 is 10.9 Å². The molecule has 80 valence electrons. The molecule has 0 aliphatic heterocycles. The third-order valence-electron chi connectivity index (χ3n) is 1.80. The van der Waals surface area contributed by atoms with Crippen molar-refractivity contribution in [3.8, 4) is 6.07 Å². The van der Waals surface area contributed by atoms with Crippen LogP contribution in [-0.2, 0) is 0 Å². The number of rotatable bonds is 2. The molecule has 7 heteroatoms. The molecule has 0 amide bonds. The number of hydrazine groups is 1. The monoisotopic (exact) mass is 226 g/mol. The van der Waals surface area contributed by atoms with E-state index in [9.17, 15) is 0 Å². The molecule has 1 aromatic rings. The van der Waals surface area contributed by atoms with Crippen molar-refractivity contribution < 1.29 is 0 Å². The molecular formula is C8H11ClN6. The summed E-state index contributed by atoms with van der Waals surface area (Å²) in [4.78, 5) is 11.6. The van der Waals surface area contributed by atoms with E-state index in [1.807, 2.05) is 6.07 Å². The second kappa shape index (κ2) is 3.96. The number of hydrogen-bond donors (Lipinski definition) is 1. The molecule has 0 unspecified atom stereocenters. The highest BCUT2D eigenvalue weighted by Gasteiger charge is 2.26. The van der Waals surface area contributed by atoms with Crippen molar-refractivity contribution in [1.29, 1.82) is 5.26 Å². The Morgan fingerprint density at radius 3 is 2.47 bits per heavy atom. The van der Waals surface area contributed by atoms with Gasteiger partial charge in [-0.1, -0.05) is 0 Å². The molecule has 2 N–H and O–H groups in total. The van der Waals surface area contributed by atoms with Crippen molar-refractivity contribution in [3.63, 3.8) is 0 Å². The van der Waals surface area contributed by atoms with Gasteiger partial charge in [-0.3, -0.25) is 5.01 Å². The number of nitrogens with zero attached hydrogens (tertiary/aromatic N) is 5. The van der Waals surface area contributed by atoms with E-state index in [0.717, 1.165) is 5.01 Å². The van der Waals surface area contributed by atoms with Gasteiger partial charge < -0.3 is 0 Å². The number of nitrogens with two attached hydrogens (primary N) is 1. The van der Waals surface area contributed by atoms with Crippen molar-refractivity contribution in [2.45, 2.75) is 26.3 Å². The van der Waals surface area contributed by atoms with Gasteiger partial charge in [0.15, 0.2) is 0 Å². The molecule has 1 aromatic heterocycles. The van der Waals surface area contributed by atoms with Gasteiger partial charge in [-0.2, -0.15) is 15.2 Å². The van der Waals surface area contributed by atoms with Gasteiger partial charge in [0, 0.05) is 0 Å². The molecule has 0 saturated carbocycles. The van der Waals surface area contributed by atoms with Crippen LogP contribution in [0.25, 0.3) is 0 Å². The van der Waals surface area contributed by atoms with E-state index in [2.05, 4.69) is 15.0 Å². The molecule has 15 heavy (non-hydrogen) atoms. The second-order valence-electron chi connectivity index (χ2n) is 3.49. The first-order valence-electron chi connectivity index (χ1n) is 4.21. The van der Waals surface area contributed by atoms with Crippen molar-refractivity contribution in [1.82, 2.24) is 15.0 Å². The standard InChI is InChI=1S/C8H11ClN6/c1-5-12-6(9)14-7(13-5)15(11)8(2,3)4-10/h11H2,1-3H3. The number of hydrogen-bond acceptors (Lipinski definition) is 6. The largest absolute Gasteiger partial charge is 0.259 e. The lowest BCUT2D eigenvalue weighted by Crippen LogP contribution is -2.49. The maximum Gasteiger partial charge on any atom is 0.245 e. The Kier molecular flexibility index (Phi) is 3.07. The minimum atomic E-state index is -0.906. The van der Waals surface area contributed by atoms with Crippen LogP contribution in [0.5, 0.6) is 0 Å². The van der Waals surface area contributed by atoms with Gasteiger partial charge in [-0.05, 0) is 32.4 Å². The predicted octanol–water partition coefficient (Wildman–Crippen LogP) is 0.816. The van der Waals surface area contributed by atoms with Crippen LogP contribution in [0.4, 0.5) is 5.95 Å². The number of nitriles is 1. The Balaban J connectivity index is 3.13. The maximum atomic E-state index is 8.89. The van der Waals surface area contributed by atoms with E-state index in [-0.39, 0.29) is 11.2 Å². The lowest BCUT2D eigenvalue weighted by molar-refractivity contribution is 0.569. The van der Waals surface area contributed by atoms with Gasteiger partial charge in [-0.25, -0.2) is 10.8 Å². The van der Waals surface area contributed by atoms with Gasteiger partial charge >= 0.3 is 0 Å². The highest BCUT2D eigenvalue weighted by molar-refractivity contribution is 6.28. The highest BCUT2D eigenvalue weighted by Crippen LogP contribution is 2.16. The van der Waals surface area contributed by atoms with E-state index in [1.165, 1.54) is 0 Å². The molecule has 0 bridgehead atoms. The molecule has 6 nitrogen and oxygen atoms in total. The smallest absolute Gasteiger partial charge is 0.245 e. The molecule has 1 heterocycles. The van der Waals surface area contributed by atoms with E-state index < -0.39 is 5.54 Å². The zero-order valence-electron chi connectivity index (χ0n) is 8.69. The summed E-state index contributed by atoms with van der Waals surface area (Å²) < 4.78 is 0. The highest BCUT2D eigenvalue weighted by atomic mass is 35.5. The summed E-state index contributed by atoms with van der Waals surface area (Å²) in [5, 5.41) is 10.1. The third-order valence-corrected chi connectivity index (χ3v) is 1.97. The van der Waals surface area contributed by atoms with Gasteiger partial charge in [0.05, 0.1) is 6.07 Å². The van der Waals surface area contributed by atoms with Crippen molar-refractivity contribution >= 4 is 17.5 Å². The average molecular weight is 227 g/mol. The molecule has 0 saturated heterocycles. The third kappa shape index (κ3) is 2.52. The summed E-state index contributed by atoms with van der Waals surface area (Å²) in [6.45, 7) is 4.98. The summed E-state index contributed by atoms with van der Waals surface area (Å²) in [7, 11) is 0. The molecule has 0 fully saturated rings. The molecule has 0 aliphatic rings. The first-order chi connectivity index (χ1) is 6.86. The Labute approximate surface area is 92.7 Å². The second-order valence-corrected chi connectivity index (χ2v) is 3.83. The molecular weight excluding hydrogens is 216 g/mol. The van der Waals surface area contributed by atoms with Crippen LogP contribution in [0.1, 0.15) is 19.7 Å². The summed E-state index contributed by atoms with van der Waals surface area (Å²) in [5.41, 5.74) is -0.906.